The van der Waals surface area contributed by atoms with Crippen molar-refractivity contribution < 1.29 is 4.79 Å². The van der Waals surface area contributed by atoms with Crippen molar-refractivity contribution in [3.8, 4) is 0 Å². The van der Waals surface area contributed by atoms with Crippen LogP contribution in [-0.4, -0.2) is 37.0 Å². The lowest BCUT2D eigenvalue weighted by Crippen LogP contribution is -2.30. The van der Waals surface area contributed by atoms with E-state index in [1.165, 1.54) is 11.1 Å². The molecule has 28 heavy (non-hydrogen) atoms. The lowest BCUT2D eigenvalue weighted by molar-refractivity contribution is 0.0773. The first-order valence-electron chi connectivity index (χ1n) is 9.82. The summed E-state index contributed by atoms with van der Waals surface area (Å²) in [5, 5.41) is 4.66. The maximum atomic E-state index is 12.6. The van der Waals surface area contributed by atoms with E-state index in [0.717, 1.165) is 37.1 Å². The number of nitrogens with zero attached hydrogens (tertiary/aromatic N) is 1. The Kier molecular flexibility index (Phi) is 7.17. The molecule has 0 unspecified atom stereocenters. The van der Waals surface area contributed by atoms with E-state index in [9.17, 15) is 4.79 Å². The molecule has 1 fully saturated rings. The molecule has 0 spiro atoms. The molecule has 1 heterocycles. The predicted molar refractivity (Wildman–Crippen MR) is 118 cm³/mol. The van der Waals surface area contributed by atoms with Crippen LogP contribution in [0.2, 0.25) is 10.0 Å². The van der Waals surface area contributed by atoms with Gasteiger partial charge in [0.15, 0.2) is 0 Å². The summed E-state index contributed by atoms with van der Waals surface area (Å²) >= 11 is 12.6. The van der Waals surface area contributed by atoms with Crippen LogP contribution >= 0.6 is 23.2 Å². The Balaban J connectivity index is 2.03. The van der Waals surface area contributed by atoms with Crippen LogP contribution in [-0.2, 0) is 0 Å². The van der Waals surface area contributed by atoms with Crippen molar-refractivity contribution in [2.75, 3.05) is 26.2 Å². The number of hydrogen-bond donors (Lipinski definition) is 1. The molecule has 1 saturated heterocycles. The van der Waals surface area contributed by atoms with Gasteiger partial charge in [0.05, 0.1) is 0 Å². The van der Waals surface area contributed by atoms with E-state index in [-0.39, 0.29) is 5.91 Å². The highest BCUT2D eigenvalue weighted by atomic mass is 35.5. The van der Waals surface area contributed by atoms with Gasteiger partial charge in [-0.05, 0) is 86.8 Å². The van der Waals surface area contributed by atoms with Crippen LogP contribution in [0, 0.1) is 0 Å². The van der Waals surface area contributed by atoms with Crippen LogP contribution < -0.4 is 5.32 Å². The fourth-order valence-corrected chi connectivity index (χ4v) is 4.25. The first kappa shape index (κ1) is 20.9. The molecule has 2 aromatic carbocycles. The third-order valence-corrected chi connectivity index (χ3v) is 5.62. The van der Waals surface area contributed by atoms with Crippen LogP contribution in [0.4, 0.5) is 0 Å². The summed E-state index contributed by atoms with van der Waals surface area (Å²) in [4.78, 5) is 14.5. The highest BCUT2D eigenvalue weighted by Gasteiger charge is 2.17. The van der Waals surface area contributed by atoms with Gasteiger partial charge >= 0.3 is 0 Å². The number of rotatable bonds is 5. The van der Waals surface area contributed by atoms with Crippen molar-refractivity contribution in [3.05, 3.63) is 74.8 Å². The van der Waals surface area contributed by atoms with Crippen molar-refractivity contribution in [3.63, 3.8) is 0 Å². The summed E-state index contributed by atoms with van der Waals surface area (Å²) in [6.07, 6.45) is 1.97. The summed E-state index contributed by atoms with van der Waals surface area (Å²) in [7, 11) is 0. The number of halogens is 2. The van der Waals surface area contributed by atoms with Crippen LogP contribution in [0.15, 0.2) is 48.0 Å². The predicted octanol–water partition coefficient (Wildman–Crippen LogP) is 5.66. The molecule has 0 atom stereocenters. The van der Waals surface area contributed by atoms with Gasteiger partial charge in [0.2, 0.25) is 0 Å². The van der Waals surface area contributed by atoms with Crippen molar-refractivity contribution in [1.82, 2.24) is 10.2 Å². The maximum absolute atomic E-state index is 12.6. The van der Waals surface area contributed by atoms with E-state index in [4.69, 9.17) is 23.2 Å². The van der Waals surface area contributed by atoms with Crippen LogP contribution in [0.1, 0.15) is 48.2 Å². The fourth-order valence-electron chi connectivity index (χ4n) is 3.72. The largest absolute Gasteiger partial charge is 0.339 e. The topological polar surface area (TPSA) is 32.3 Å². The zero-order valence-corrected chi connectivity index (χ0v) is 17.9. The molecule has 1 aliphatic heterocycles. The molecule has 0 bridgehead atoms. The van der Waals surface area contributed by atoms with Gasteiger partial charge in [-0.2, -0.15) is 0 Å². The van der Waals surface area contributed by atoms with Crippen molar-refractivity contribution >= 4 is 34.7 Å². The van der Waals surface area contributed by atoms with E-state index in [2.05, 4.69) is 5.32 Å². The minimum Gasteiger partial charge on any atom is -0.339 e. The fraction of sp³-hybridized carbons (Fsp3) is 0.348. The lowest BCUT2D eigenvalue weighted by atomic mass is 9.88. The number of carbonyl (C=O) groups is 1. The highest BCUT2D eigenvalue weighted by Crippen LogP contribution is 2.34. The molecule has 0 aliphatic carbocycles. The molecular weight excluding hydrogens is 391 g/mol. The summed E-state index contributed by atoms with van der Waals surface area (Å²) in [6, 6.07) is 13.6. The Labute approximate surface area is 177 Å². The average molecular weight is 417 g/mol. The van der Waals surface area contributed by atoms with Crippen molar-refractivity contribution in [1.29, 1.82) is 0 Å². The monoisotopic (exact) mass is 416 g/mol. The minimum absolute atomic E-state index is 0.0680. The summed E-state index contributed by atoms with van der Waals surface area (Å²) < 4.78 is 0. The van der Waals surface area contributed by atoms with Gasteiger partial charge < -0.3 is 10.2 Å². The Hall–Kier alpha value is -1.81. The van der Waals surface area contributed by atoms with Crippen molar-refractivity contribution in [2.24, 2.45) is 0 Å². The SMILES string of the molecule is CCN(CC)C(=O)c1ccc(C(=C2CCNCC2)c2cc(Cl)cc(Cl)c2)cc1. The molecule has 148 valence electrons. The van der Waals surface area contributed by atoms with Crippen LogP contribution in [0.5, 0.6) is 0 Å². The van der Waals surface area contributed by atoms with Gasteiger partial charge in [0, 0.05) is 28.7 Å². The molecule has 0 radical (unpaired) electrons. The van der Waals surface area contributed by atoms with E-state index in [1.54, 1.807) is 6.07 Å². The summed E-state index contributed by atoms with van der Waals surface area (Å²) in [6.45, 7) is 7.34. The number of carbonyl (C=O) groups excluding carboxylic acids is 1. The van der Waals surface area contributed by atoms with Gasteiger partial charge in [-0.25, -0.2) is 0 Å². The quantitative estimate of drug-likeness (QED) is 0.681. The van der Waals surface area contributed by atoms with Gasteiger partial charge in [-0.3, -0.25) is 4.79 Å². The van der Waals surface area contributed by atoms with E-state index in [0.29, 0.717) is 28.7 Å². The number of benzene rings is 2. The van der Waals surface area contributed by atoms with Gasteiger partial charge in [-0.15, -0.1) is 0 Å². The van der Waals surface area contributed by atoms with E-state index in [1.807, 2.05) is 55.1 Å². The second-order valence-corrected chi connectivity index (χ2v) is 7.81. The Morgan fingerprint density at radius 1 is 0.893 bits per heavy atom. The number of amides is 1. The Morgan fingerprint density at radius 2 is 1.43 bits per heavy atom. The van der Waals surface area contributed by atoms with Crippen molar-refractivity contribution in [2.45, 2.75) is 26.7 Å². The first-order chi connectivity index (χ1) is 13.5. The molecule has 3 nitrogen and oxygen atoms in total. The Morgan fingerprint density at radius 3 is 1.96 bits per heavy atom. The third-order valence-electron chi connectivity index (χ3n) is 5.18. The molecule has 0 saturated carbocycles. The van der Waals surface area contributed by atoms with Crippen LogP contribution in [0.25, 0.3) is 5.57 Å². The lowest BCUT2D eigenvalue weighted by Gasteiger charge is -2.22. The number of piperidine rings is 1. The van der Waals surface area contributed by atoms with Gasteiger partial charge in [-0.1, -0.05) is 40.9 Å². The third kappa shape index (κ3) is 4.78. The van der Waals surface area contributed by atoms with Gasteiger partial charge in [0.25, 0.3) is 5.91 Å². The maximum Gasteiger partial charge on any atom is 0.253 e. The summed E-state index contributed by atoms with van der Waals surface area (Å²) in [5.74, 6) is 0.0680. The second kappa shape index (κ2) is 9.60. The summed E-state index contributed by atoms with van der Waals surface area (Å²) in [5.41, 5.74) is 5.39. The molecule has 1 amide bonds. The van der Waals surface area contributed by atoms with E-state index < -0.39 is 0 Å². The molecule has 1 N–H and O–H groups in total. The Bertz CT molecular complexity index is 842. The zero-order chi connectivity index (χ0) is 20.1. The molecule has 2 aromatic rings. The van der Waals surface area contributed by atoms with E-state index >= 15 is 0 Å². The molecule has 5 heteroatoms. The van der Waals surface area contributed by atoms with Gasteiger partial charge in [0.1, 0.15) is 0 Å². The molecular formula is C23H26Cl2N2O. The number of nitrogens with one attached hydrogen (secondary N) is 1. The molecule has 1 aliphatic rings. The molecule has 3 rings (SSSR count). The second-order valence-electron chi connectivity index (χ2n) is 6.94. The highest BCUT2D eigenvalue weighted by molar-refractivity contribution is 6.35. The first-order valence-corrected chi connectivity index (χ1v) is 10.6. The normalized spacial score (nSPS) is 14.1. The van der Waals surface area contributed by atoms with Crippen LogP contribution in [0.3, 0.4) is 0 Å². The average Bonchev–Trinajstić information content (AvgIpc) is 2.70. The number of hydrogen-bond acceptors (Lipinski definition) is 2. The zero-order valence-electron chi connectivity index (χ0n) is 16.4. The standard InChI is InChI=1S/C23H26Cl2N2O/c1-3-27(4-2)23(28)18-7-5-16(6-8-18)22(17-9-11-26-12-10-17)19-13-20(24)15-21(25)14-19/h5-8,13-15,26H,3-4,9-12H2,1-2H3. The molecule has 0 aromatic heterocycles. The smallest absolute Gasteiger partial charge is 0.253 e. The minimum atomic E-state index is 0.0680.